The maximum atomic E-state index is 12.0. The largest absolute Gasteiger partial charge is 0.353 e. The van der Waals surface area contributed by atoms with Crippen molar-refractivity contribution in [2.75, 3.05) is 17.2 Å². The molecular weight excluding hydrogens is 342 g/mol. The molecule has 0 spiro atoms. The summed E-state index contributed by atoms with van der Waals surface area (Å²) < 4.78 is 0. The van der Waals surface area contributed by atoms with Crippen LogP contribution in [0.5, 0.6) is 0 Å². The highest BCUT2D eigenvalue weighted by Crippen LogP contribution is 2.22. The summed E-state index contributed by atoms with van der Waals surface area (Å²) in [5.74, 6) is -0.189. The monoisotopic (exact) mass is 361 g/mol. The molecule has 0 aliphatic heterocycles. The van der Waals surface area contributed by atoms with Gasteiger partial charge in [-0.25, -0.2) is 0 Å². The zero-order chi connectivity index (χ0) is 17.7. The zero-order valence-electron chi connectivity index (χ0n) is 13.9. The Balaban J connectivity index is 1.88. The predicted molar refractivity (Wildman–Crippen MR) is 105 cm³/mol. The molecule has 2 aromatic rings. The molecule has 4 nitrogen and oxygen atoms in total. The lowest BCUT2D eigenvalue weighted by atomic mass is 10.1. The van der Waals surface area contributed by atoms with Gasteiger partial charge in [0.1, 0.15) is 0 Å². The van der Waals surface area contributed by atoms with E-state index >= 15 is 0 Å². The summed E-state index contributed by atoms with van der Waals surface area (Å²) in [5.41, 5.74) is 4.77. The minimum absolute atomic E-state index is 0.0721. The molecule has 0 saturated carbocycles. The molecule has 0 radical (unpaired) electrons. The molecule has 0 aromatic heterocycles. The minimum Gasteiger partial charge on any atom is -0.353 e. The molecule has 0 bridgehead atoms. The molecule has 2 rings (SSSR count). The number of hydrogen-bond donors (Lipinski definition) is 3. The first-order valence-corrected chi connectivity index (χ1v) is 8.33. The van der Waals surface area contributed by atoms with Crippen molar-refractivity contribution in [3.63, 3.8) is 0 Å². The molecule has 0 heterocycles. The Bertz CT molecular complexity index is 711. The van der Waals surface area contributed by atoms with Crippen molar-refractivity contribution < 1.29 is 4.79 Å². The fourth-order valence-electron chi connectivity index (χ4n) is 2.15. The number of carbonyl (C=O) groups excluding carboxylic acids is 1. The van der Waals surface area contributed by atoms with E-state index in [0.717, 1.165) is 16.8 Å². The standard InChI is InChI=1S/C18H20ClN3OS/c1-11-6-4-8-15(12(11)2)22-18(24)20-10-17(23)21-16-9-5-7-14(19)13(16)3/h4-9H,10H2,1-3H3,(H,21,23)(H2,20,22,24). The quantitative estimate of drug-likeness (QED) is 0.715. The van der Waals surface area contributed by atoms with Crippen molar-refractivity contribution in [1.82, 2.24) is 5.32 Å². The van der Waals surface area contributed by atoms with E-state index in [-0.39, 0.29) is 12.5 Å². The third kappa shape index (κ3) is 4.69. The number of hydrogen-bond acceptors (Lipinski definition) is 2. The van der Waals surface area contributed by atoms with Gasteiger partial charge in [-0.15, -0.1) is 0 Å². The van der Waals surface area contributed by atoms with Crippen LogP contribution in [0.1, 0.15) is 16.7 Å². The third-order valence-corrected chi connectivity index (χ3v) is 4.46. The summed E-state index contributed by atoms with van der Waals surface area (Å²) in [6.45, 7) is 5.99. The molecule has 6 heteroatoms. The molecule has 0 aliphatic rings. The second kappa shape index (κ2) is 8.13. The minimum atomic E-state index is -0.189. The van der Waals surface area contributed by atoms with E-state index in [4.69, 9.17) is 23.8 Å². The lowest BCUT2D eigenvalue weighted by Crippen LogP contribution is -2.35. The van der Waals surface area contributed by atoms with E-state index in [1.54, 1.807) is 12.1 Å². The summed E-state index contributed by atoms with van der Waals surface area (Å²) in [7, 11) is 0. The summed E-state index contributed by atoms with van der Waals surface area (Å²) in [4.78, 5) is 12.0. The number of carbonyl (C=O) groups is 1. The molecule has 24 heavy (non-hydrogen) atoms. The van der Waals surface area contributed by atoms with Crippen molar-refractivity contribution in [3.05, 3.63) is 58.1 Å². The average molecular weight is 362 g/mol. The van der Waals surface area contributed by atoms with Crippen LogP contribution in [0.4, 0.5) is 11.4 Å². The van der Waals surface area contributed by atoms with Gasteiger partial charge in [-0.05, 0) is 67.9 Å². The Morgan fingerprint density at radius 3 is 2.33 bits per heavy atom. The van der Waals surface area contributed by atoms with E-state index in [1.807, 2.05) is 45.0 Å². The van der Waals surface area contributed by atoms with Gasteiger partial charge in [0.05, 0.1) is 6.54 Å². The van der Waals surface area contributed by atoms with Crippen LogP contribution in [-0.4, -0.2) is 17.6 Å². The maximum absolute atomic E-state index is 12.0. The van der Waals surface area contributed by atoms with Gasteiger partial charge in [-0.3, -0.25) is 4.79 Å². The van der Waals surface area contributed by atoms with Crippen LogP contribution < -0.4 is 16.0 Å². The number of benzene rings is 2. The zero-order valence-corrected chi connectivity index (χ0v) is 15.4. The highest BCUT2D eigenvalue weighted by Gasteiger charge is 2.08. The fourth-order valence-corrected chi connectivity index (χ4v) is 2.51. The van der Waals surface area contributed by atoms with E-state index in [0.29, 0.717) is 15.8 Å². The summed E-state index contributed by atoms with van der Waals surface area (Å²) in [6, 6.07) is 11.3. The van der Waals surface area contributed by atoms with Crippen LogP contribution in [-0.2, 0) is 4.79 Å². The van der Waals surface area contributed by atoms with Crippen molar-refractivity contribution in [2.45, 2.75) is 20.8 Å². The molecule has 2 aromatic carbocycles. The highest BCUT2D eigenvalue weighted by molar-refractivity contribution is 7.80. The number of rotatable bonds is 4. The van der Waals surface area contributed by atoms with Crippen LogP contribution in [0.3, 0.4) is 0 Å². The maximum Gasteiger partial charge on any atom is 0.243 e. The average Bonchev–Trinajstić information content (AvgIpc) is 2.54. The Labute approximate surface area is 152 Å². The van der Waals surface area contributed by atoms with Gasteiger partial charge in [0.15, 0.2) is 5.11 Å². The van der Waals surface area contributed by atoms with Crippen LogP contribution in [0.25, 0.3) is 0 Å². The highest BCUT2D eigenvalue weighted by atomic mass is 35.5. The van der Waals surface area contributed by atoms with Gasteiger partial charge in [0.2, 0.25) is 5.91 Å². The molecular formula is C18H20ClN3OS. The van der Waals surface area contributed by atoms with Crippen LogP contribution in [0.2, 0.25) is 5.02 Å². The number of amides is 1. The fraction of sp³-hybridized carbons (Fsp3) is 0.222. The topological polar surface area (TPSA) is 53.2 Å². The van der Waals surface area contributed by atoms with E-state index in [9.17, 15) is 4.79 Å². The van der Waals surface area contributed by atoms with Crippen molar-refractivity contribution >= 4 is 46.2 Å². The summed E-state index contributed by atoms with van der Waals surface area (Å²) in [6.07, 6.45) is 0. The third-order valence-electron chi connectivity index (χ3n) is 3.80. The van der Waals surface area contributed by atoms with Crippen molar-refractivity contribution in [2.24, 2.45) is 0 Å². The smallest absolute Gasteiger partial charge is 0.243 e. The number of halogens is 1. The first-order chi connectivity index (χ1) is 11.4. The van der Waals surface area contributed by atoms with Gasteiger partial charge in [0, 0.05) is 16.4 Å². The van der Waals surface area contributed by atoms with Crippen LogP contribution in [0.15, 0.2) is 36.4 Å². The summed E-state index contributed by atoms with van der Waals surface area (Å²) >= 11 is 11.3. The molecule has 0 fully saturated rings. The SMILES string of the molecule is Cc1cccc(NC(=S)NCC(=O)Nc2cccc(Cl)c2C)c1C. The second-order valence-electron chi connectivity index (χ2n) is 5.52. The molecule has 0 saturated heterocycles. The lowest BCUT2D eigenvalue weighted by molar-refractivity contribution is -0.115. The predicted octanol–water partition coefficient (Wildman–Crippen LogP) is 4.19. The van der Waals surface area contributed by atoms with Crippen LogP contribution >= 0.6 is 23.8 Å². The molecule has 3 N–H and O–H groups in total. The van der Waals surface area contributed by atoms with Gasteiger partial charge in [0.25, 0.3) is 0 Å². The molecule has 1 amide bonds. The van der Waals surface area contributed by atoms with Gasteiger partial charge >= 0.3 is 0 Å². The molecule has 0 atom stereocenters. The van der Waals surface area contributed by atoms with Crippen molar-refractivity contribution in [3.8, 4) is 0 Å². The first-order valence-electron chi connectivity index (χ1n) is 7.54. The lowest BCUT2D eigenvalue weighted by Gasteiger charge is -2.14. The van der Waals surface area contributed by atoms with E-state index in [1.165, 1.54) is 5.56 Å². The Morgan fingerprint density at radius 2 is 1.62 bits per heavy atom. The molecule has 126 valence electrons. The molecule has 0 unspecified atom stereocenters. The summed E-state index contributed by atoms with van der Waals surface area (Å²) in [5, 5.41) is 9.86. The number of anilines is 2. The number of nitrogens with one attached hydrogen (secondary N) is 3. The van der Waals surface area contributed by atoms with Gasteiger partial charge in [-0.1, -0.05) is 29.8 Å². The Kier molecular flexibility index (Phi) is 6.17. The number of aryl methyl sites for hydroxylation is 1. The Morgan fingerprint density at radius 1 is 1.00 bits per heavy atom. The van der Waals surface area contributed by atoms with Gasteiger partial charge in [-0.2, -0.15) is 0 Å². The van der Waals surface area contributed by atoms with Gasteiger partial charge < -0.3 is 16.0 Å². The second-order valence-corrected chi connectivity index (χ2v) is 6.33. The van der Waals surface area contributed by atoms with E-state index in [2.05, 4.69) is 16.0 Å². The number of thiocarbonyl (C=S) groups is 1. The normalized spacial score (nSPS) is 10.2. The van der Waals surface area contributed by atoms with E-state index < -0.39 is 0 Å². The molecule has 0 aliphatic carbocycles. The first kappa shape index (κ1) is 18.2. The Hall–Kier alpha value is -2.11. The van der Waals surface area contributed by atoms with Crippen LogP contribution in [0, 0.1) is 20.8 Å². The van der Waals surface area contributed by atoms with Crippen molar-refractivity contribution in [1.29, 1.82) is 0 Å².